The minimum Gasteiger partial charge on any atom is -0.397 e. The Balaban J connectivity index is 2.19. The monoisotopic (exact) mass is 246 g/mol. The zero-order chi connectivity index (χ0) is 13.1. The Morgan fingerprint density at radius 2 is 2.28 bits per heavy atom. The summed E-state index contributed by atoms with van der Waals surface area (Å²) in [4.78, 5) is 19.5. The Morgan fingerprint density at radius 1 is 1.50 bits per heavy atom. The Bertz CT molecular complexity index is 577. The van der Waals surface area contributed by atoms with Crippen molar-refractivity contribution >= 4 is 17.4 Å². The van der Waals surface area contributed by atoms with Gasteiger partial charge in [-0.2, -0.15) is 0 Å². The molecule has 2 aromatic heterocycles. The number of hydrogen-bond acceptors (Lipinski definition) is 5. The SMILES string of the molecule is Cn1ccnc1CNc1ncc(N)cc1C(N)=O. The van der Waals surface area contributed by atoms with Crippen molar-refractivity contribution in [3.8, 4) is 0 Å². The molecule has 94 valence electrons. The maximum absolute atomic E-state index is 11.3. The molecule has 0 saturated carbocycles. The van der Waals surface area contributed by atoms with Crippen molar-refractivity contribution in [2.45, 2.75) is 6.54 Å². The van der Waals surface area contributed by atoms with Gasteiger partial charge in [-0.15, -0.1) is 0 Å². The topological polar surface area (TPSA) is 112 Å². The van der Waals surface area contributed by atoms with Gasteiger partial charge < -0.3 is 21.4 Å². The highest BCUT2D eigenvalue weighted by atomic mass is 16.1. The lowest BCUT2D eigenvalue weighted by atomic mass is 10.2. The number of primary amides is 1. The lowest BCUT2D eigenvalue weighted by Gasteiger charge is -2.09. The van der Waals surface area contributed by atoms with E-state index in [2.05, 4.69) is 15.3 Å². The number of anilines is 2. The van der Waals surface area contributed by atoms with Crippen LogP contribution in [-0.4, -0.2) is 20.4 Å². The number of aryl methyl sites for hydroxylation is 1. The number of nitrogens with two attached hydrogens (primary N) is 2. The molecule has 2 rings (SSSR count). The molecule has 5 N–H and O–H groups in total. The summed E-state index contributed by atoms with van der Waals surface area (Å²) in [5.41, 5.74) is 11.5. The molecule has 0 atom stereocenters. The van der Waals surface area contributed by atoms with Gasteiger partial charge in [0.05, 0.1) is 24.0 Å². The molecule has 0 aliphatic heterocycles. The molecule has 1 amide bonds. The number of carbonyl (C=O) groups is 1. The number of hydrogen-bond donors (Lipinski definition) is 3. The number of pyridine rings is 1. The van der Waals surface area contributed by atoms with Crippen molar-refractivity contribution < 1.29 is 4.79 Å². The summed E-state index contributed by atoms with van der Waals surface area (Å²) in [5, 5.41) is 3.01. The fourth-order valence-corrected chi connectivity index (χ4v) is 1.54. The molecule has 0 aromatic carbocycles. The summed E-state index contributed by atoms with van der Waals surface area (Å²) in [5.74, 6) is 0.654. The number of imidazole rings is 1. The molecule has 0 saturated heterocycles. The molecule has 7 heteroatoms. The molecule has 0 aliphatic carbocycles. The number of amides is 1. The molecule has 0 spiro atoms. The minimum atomic E-state index is -0.572. The Morgan fingerprint density at radius 3 is 2.89 bits per heavy atom. The summed E-state index contributed by atoms with van der Waals surface area (Å²) < 4.78 is 1.87. The fraction of sp³-hybridized carbons (Fsp3) is 0.182. The van der Waals surface area contributed by atoms with Gasteiger partial charge in [0.25, 0.3) is 5.91 Å². The summed E-state index contributed by atoms with van der Waals surface area (Å²) in [6.07, 6.45) is 5.00. The first-order valence-electron chi connectivity index (χ1n) is 5.33. The number of nitrogens with zero attached hydrogens (tertiary/aromatic N) is 3. The van der Waals surface area contributed by atoms with Crippen molar-refractivity contribution in [1.82, 2.24) is 14.5 Å². The average molecular weight is 246 g/mol. The van der Waals surface area contributed by atoms with E-state index in [1.165, 1.54) is 12.3 Å². The third kappa shape index (κ3) is 2.40. The standard InChI is InChI=1S/C11H14N6O/c1-17-3-2-14-9(17)6-16-11-8(10(13)18)4-7(12)5-15-11/h2-5H,6,12H2,1H3,(H2,13,18)(H,15,16). The molecular formula is C11H14N6O. The molecule has 2 aromatic rings. The average Bonchev–Trinajstić information content (AvgIpc) is 2.73. The first-order chi connectivity index (χ1) is 8.58. The van der Waals surface area contributed by atoms with Gasteiger partial charge in [0.1, 0.15) is 11.6 Å². The summed E-state index contributed by atoms with van der Waals surface area (Å²) in [6.45, 7) is 0.445. The maximum atomic E-state index is 11.3. The third-order valence-corrected chi connectivity index (χ3v) is 2.51. The van der Waals surface area contributed by atoms with Gasteiger partial charge in [0.2, 0.25) is 0 Å². The number of carbonyl (C=O) groups excluding carboxylic acids is 1. The van der Waals surface area contributed by atoms with E-state index in [-0.39, 0.29) is 5.56 Å². The van der Waals surface area contributed by atoms with E-state index >= 15 is 0 Å². The van der Waals surface area contributed by atoms with E-state index < -0.39 is 5.91 Å². The zero-order valence-corrected chi connectivity index (χ0v) is 9.92. The molecule has 0 aliphatic rings. The predicted molar refractivity (Wildman–Crippen MR) is 67.7 cm³/mol. The molecule has 0 radical (unpaired) electrons. The van der Waals surface area contributed by atoms with Crippen LogP contribution in [0, 0.1) is 0 Å². The van der Waals surface area contributed by atoms with Crippen molar-refractivity contribution in [1.29, 1.82) is 0 Å². The lowest BCUT2D eigenvalue weighted by Crippen LogP contribution is -2.16. The van der Waals surface area contributed by atoms with Crippen LogP contribution in [0.1, 0.15) is 16.2 Å². The highest BCUT2D eigenvalue weighted by Crippen LogP contribution is 2.15. The second-order valence-electron chi connectivity index (χ2n) is 3.84. The van der Waals surface area contributed by atoms with Gasteiger partial charge >= 0.3 is 0 Å². The van der Waals surface area contributed by atoms with Crippen molar-refractivity contribution in [3.05, 3.63) is 36.0 Å². The molecule has 0 fully saturated rings. The van der Waals surface area contributed by atoms with Crippen LogP contribution in [-0.2, 0) is 13.6 Å². The molecule has 18 heavy (non-hydrogen) atoms. The molecule has 0 bridgehead atoms. The van der Waals surface area contributed by atoms with Crippen LogP contribution in [0.5, 0.6) is 0 Å². The Kier molecular flexibility index (Phi) is 3.13. The van der Waals surface area contributed by atoms with Crippen LogP contribution in [0.3, 0.4) is 0 Å². The number of nitrogens with one attached hydrogen (secondary N) is 1. The smallest absolute Gasteiger partial charge is 0.252 e. The van der Waals surface area contributed by atoms with Crippen LogP contribution >= 0.6 is 0 Å². The molecular weight excluding hydrogens is 232 g/mol. The Labute approximate surface area is 104 Å². The zero-order valence-electron chi connectivity index (χ0n) is 9.92. The highest BCUT2D eigenvalue weighted by Gasteiger charge is 2.10. The molecule has 2 heterocycles. The van der Waals surface area contributed by atoms with E-state index in [9.17, 15) is 4.79 Å². The van der Waals surface area contributed by atoms with Crippen LogP contribution in [0.2, 0.25) is 0 Å². The van der Waals surface area contributed by atoms with E-state index in [1.54, 1.807) is 6.20 Å². The van der Waals surface area contributed by atoms with Crippen molar-refractivity contribution in [2.75, 3.05) is 11.1 Å². The lowest BCUT2D eigenvalue weighted by molar-refractivity contribution is 0.100. The fourth-order valence-electron chi connectivity index (χ4n) is 1.54. The van der Waals surface area contributed by atoms with Crippen molar-refractivity contribution in [3.63, 3.8) is 0 Å². The third-order valence-electron chi connectivity index (χ3n) is 2.51. The van der Waals surface area contributed by atoms with E-state index in [0.29, 0.717) is 18.1 Å². The molecule has 7 nitrogen and oxygen atoms in total. The largest absolute Gasteiger partial charge is 0.397 e. The second kappa shape index (κ2) is 4.74. The van der Waals surface area contributed by atoms with E-state index in [4.69, 9.17) is 11.5 Å². The number of rotatable bonds is 4. The van der Waals surface area contributed by atoms with Crippen LogP contribution in [0.4, 0.5) is 11.5 Å². The van der Waals surface area contributed by atoms with E-state index in [0.717, 1.165) is 5.82 Å². The number of aromatic nitrogens is 3. The second-order valence-corrected chi connectivity index (χ2v) is 3.84. The predicted octanol–water partition coefficient (Wildman–Crippen LogP) is 0.108. The van der Waals surface area contributed by atoms with Gasteiger partial charge in [-0.05, 0) is 6.07 Å². The van der Waals surface area contributed by atoms with Crippen LogP contribution in [0.15, 0.2) is 24.7 Å². The minimum absolute atomic E-state index is 0.268. The highest BCUT2D eigenvalue weighted by molar-refractivity contribution is 5.98. The van der Waals surface area contributed by atoms with Gasteiger partial charge in [0, 0.05) is 19.4 Å². The maximum Gasteiger partial charge on any atom is 0.252 e. The quantitative estimate of drug-likeness (QED) is 0.708. The summed E-state index contributed by atoms with van der Waals surface area (Å²) >= 11 is 0. The van der Waals surface area contributed by atoms with Gasteiger partial charge in [-0.25, -0.2) is 9.97 Å². The van der Waals surface area contributed by atoms with Gasteiger partial charge in [-0.1, -0.05) is 0 Å². The van der Waals surface area contributed by atoms with Crippen LogP contribution < -0.4 is 16.8 Å². The first kappa shape index (κ1) is 11.9. The van der Waals surface area contributed by atoms with Crippen molar-refractivity contribution in [2.24, 2.45) is 12.8 Å². The van der Waals surface area contributed by atoms with Gasteiger partial charge in [0.15, 0.2) is 0 Å². The van der Waals surface area contributed by atoms with E-state index in [1.807, 2.05) is 17.8 Å². The van der Waals surface area contributed by atoms with Crippen LogP contribution in [0.25, 0.3) is 0 Å². The molecule has 0 unspecified atom stereocenters. The number of nitrogen functional groups attached to an aromatic ring is 1. The van der Waals surface area contributed by atoms with Gasteiger partial charge in [-0.3, -0.25) is 4.79 Å². The Hall–Kier alpha value is -2.57. The summed E-state index contributed by atoms with van der Waals surface area (Å²) in [7, 11) is 1.88. The summed E-state index contributed by atoms with van der Waals surface area (Å²) in [6, 6.07) is 1.50. The normalized spacial score (nSPS) is 10.3. The first-order valence-corrected chi connectivity index (χ1v) is 5.33.